The summed E-state index contributed by atoms with van der Waals surface area (Å²) in [7, 11) is -3.64. The molecule has 20 heavy (non-hydrogen) atoms. The summed E-state index contributed by atoms with van der Waals surface area (Å²) in [6.07, 6.45) is 4.23. The number of aromatic nitrogens is 2. The van der Waals surface area contributed by atoms with Crippen molar-refractivity contribution in [1.29, 1.82) is 0 Å². The van der Waals surface area contributed by atoms with Crippen LogP contribution in [0.15, 0.2) is 41.6 Å². The molecule has 1 heterocycles. The number of hydrogen-bond donors (Lipinski definition) is 1. The van der Waals surface area contributed by atoms with Crippen LogP contribution in [0, 0.1) is 5.82 Å². The van der Waals surface area contributed by atoms with Gasteiger partial charge in [0.25, 0.3) is 0 Å². The number of benzene rings is 1. The zero-order valence-electron chi connectivity index (χ0n) is 10.7. The number of hydrogen-bond acceptors (Lipinski definition) is 3. The van der Waals surface area contributed by atoms with Gasteiger partial charge in [-0.1, -0.05) is 18.2 Å². The molecule has 3 rings (SSSR count). The maximum absolute atomic E-state index is 13.7. The predicted molar refractivity (Wildman–Crippen MR) is 70.7 cm³/mol. The summed E-state index contributed by atoms with van der Waals surface area (Å²) in [4.78, 5) is 0.112. The molecule has 0 bridgehead atoms. The second-order valence-corrected chi connectivity index (χ2v) is 6.70. The van der Waals surface area contributed by atoms with E-state index in [4.69, 9.17) is 0 Å². The molecule has 1 aliphatic carbocycles. The number of H-pyrrole nitrogens is 1. The number of nitrogens with zero attached hydrogens (tertiary/aromatic N) is 2. The third-order valence-corrected chi connectivity index (χ3v) is 5.18. The molecule has 1 saturated carbocycles. The van der Waals surface area contributed by atoms with Crippen LogP contribution in [0.1, 0.15) is 18.4 Å². The first-order valence-electron chi connectivity index (χ1n) is 6.33. The summed E-state index contributed by atoms with van der Waals surface area (Å²) >= 11 is 0. The van der Waals surface area contributed by atoms with E-state index in [-0.39, 0.29) is 23.3 Å². The molecule has 0 unspecified atom stereocenters. The van der Waals surface area contributed by atoms with E-state index in [0.717, 1.165) is 12.8 Å². The van der Waals surface area contributed by atoms with Crippen LogP contribution in [0.3, 0.4) is 0 Å². The van der Waals surface area contributed by atoms with Crippen molar-refractivity contribution < 1.29 is 12.8 Å². The lowest BCUT2D eigenvalue weighted by Crippen LogP contribution is -2.32. The van der Waals surface area contributed by atoms with Crippen molar-refractivity contribution in [2.24, 2.45) is 0 Å². The minimum absolute atomic E-state index is 0.0465. The van der Waals surface area contributed by atoms with E-state index < -0.39 is 10.0 Å². The molecule has 0 spiro atoms. The van der Waals surface area contributed by atoms with E-state index >= 15 is 0 Å². The molecule has 1 aliphatic rings. The van der Waals surface area contributed by atoms with E-state index in [9.17, 15) is 12.8 Å². The molecule has 0 saturated heterocycles. The first-order valence-corrected chi connectivity index (χ1v) is 7.77. The topological polar surface area (TPSA) is 66.1 Å². The highest BCUT2D eigenvalue weighted by Gasteiger charge is 2.38. The SMILES string of the molecule is O=S(=O)(c1cn[nH]c1)N(Cc1ccccc1F)C1CC1. The van der Waals surface area contributed by atoms with Gasteiger partial charge in [-0.3, -0.25) is 5.10 Å². The summed E-state index contributed by atoms with van der Waals surface area (Å²) < 4.78 is 40.1. The van der Waals surface area contributed by atoms with E-state index in [1.807, 2.05) is 0 Å². The normalized spacial score (nSPS) is 15.7. The fourth-order valence-electron chi connectivity index (χ4n) is 2.08. The Labute approximate surface area is 116 Å². The standard InChI is InChI=1S/C13H14FN3O2S/c14-13-4-2-1-3-10(13)9-17(11-5-6-11)20(18,19)12-7-15-16-8-12/h1-4,7-8,11H,5-6,9H2,(H,15,16). The number of nitrogens with one attached hydrogen (secondary N) is 1. The molecule has 0 aliphatic heterocycles. The van der Waals surface area contributed by atoms with Crippen LogP contribution in [0.2, 0.25) is 0 Å². The van der Waals surface area contributed by atoms with Gasteiger partial charge in [0, 0.05) is 24.3 Å². The summed E-state index contributed by atoms with van der Waals surface area (Å²) in [5.41, 5.74) is 0.381. The van der Waals surface area contributed by atoms with Gasteiger partial charge in [0.15, 0.2) is 0 Å². The van der Waals surface area contributed by atoms with Crippen LogP contribution in [0.5, 0.6) is 0 Å². The number of aromatic amines is 1. The third-order valence-electron chi connectivity index (χ3n) is 3.32. The highest BCUT2D eigenvalue weighted by Crippen LogP contribution is 2.33. The Morgan fingerprint density at radius 3 is 2.70 bits per heavy atom. The number of rotatable bonds is 5. The highest BCUT2D eigenvalue weighted by atomic mass is 32.2. The minimum atomic E-state index is -3.64. The molecule has 1 aromatic heterocycles. The molecule has 7 heteroatoms. The van der Waals surface area contributed by atoms with Crippen molar-refractivity contribution in [3.63, 3.8) is 0 Å². The van der Waals surface area contributed by atoms with Crippen molar-refractivity contribution in [2.75, 3.05) is 0 Å². The lowest BCUT2D eigenvalue weighted by atomic mass is 10.2. The molecule has 1 fully saturated rings. The Kier molecular flexibility index (Phi) is 3.31. The molecule has 106 valence electrons. The molecule has 1 N–H and O–H groups in total. The number of halogens is 1. The Morgan fingerprint density at radius 1 is 1.35 bits per heavy atom. The van der Waals surface area contributed by atoms with Gasteiger partial charge in [0.05, 0.1) is 6.20 Å². The lowest BCUT2D eigenvalue weighted by molar-refractivity contribution is 0.391. The lowest BCUT2D eigenvalue weighted by Gasteiger charge is -2.21. The Hall–Kier alpha value is -1.73. The maximum atomic E-state index is 13.7. The van der Waals surface area contributed by atoms with E-state index in [1.165, 1.54) is 22.8 Å². The summed E-state index contributed by atoms with van der Waals surface area (Å²) in [6, 6.07) is 6.19. The van der Waals surface area contributed by atoms with Crippen LogP contribution in [0.4, 0.5) is 4.39 Å². The Balaban J connectivity index is 1.93. The van der Waals surface area contributed by atoms with Gasteiger partial charge in [-0.15, -0.1) is 0 Å². The zero-order valence-corrected chi connectivity index (χ0v) is 11.5. The van der Waals surface area contributed by atoms with Gasteiger partial charge < -0.3 is 0 Å². The second-order valence-electron chi connectivity index (χ2n) is 4.81. The summed E-state index contributed by atoms with van der Waals surface area (Å²) in [5, 5.41) is 6.17. The molecular formula is C13H14FN3O2S. The van der Waals surface area contributed by atoms with Gasteiger partial charge in [-0.25, -0.2) is 12.8 Å². The number of sulfonamides is 1. The fourth-order valence-corrected chi connectivity index (χ4v) is 3.65. The molecule has 0 radical (unpaired) electrons. The van der Waals surface area contributed by atoms with Gasteiger partial charge in [-0.05, 0) is 18.9 Å². The van der Waals surface area contributed by atoms with Crippen LogP contribution in [0.25, 0.3) is 0 Å². The van der Waals surface area contributed by atoms with Crippen molar-refractivity contribution in [1.82, 2.24) is 14.5 Å². The quantitative estimate of drug-likeness (QED) is 0.916. The van der Waals surface area contributed by atoms with Crippen LogP contribution in [-0.4, -0.2) is 29.0 Å². The fraction of sp³-hybridized carbons (Fsp3) is 0.308. The van der Waals surface area contributed by atoms with Gasteiger partial charge in [-0.2, -0.15) is 9.40 Å². The van der Waals surface area contributed by atoms with Crippen LogP contribution in [-0.2, 0) is 16.6 Å². The molecule has 2 aromatic rings. The van der Waals surface area contributed by atoms with Gasteiger partial charge >= 0.3 is 0 Å². The van der Waals surface area contributed by atoms with E-state index in [0.29, 0.717) is 5.56 Å². The maximum Gasteiger partial charge on any atom is 0.246 e. The second kappa shape index (κ2) is 4.99. The van der Waals surface area contributed by atoms with Crippen molar-refractivity contribution >= 4 is 10.0 Å². The molecule has 5 nitrogen and oxygen atoms in total. The minimum Gasteiger partial charge on any atom is -0.284 e. The Bertz CT molecular complexity index is 696. The molecule has 1 aromatic carbocycles. The monoisotopic (exact) mass is 295 g/mol. The van der Waals surface area contributed by atoms with Crippen LogP contribution >= 0.6 is 0 Å². The predicted octanol–water partition coefficient (Wildman–Crippen LogP) is 1.90. The van der Waals surface area contributed by atoms with Crippen molar-refractivity contribution in [3.05, 3.63) is 48.0 Å². The summed E-state index contributed by atoms with van der Waals surface area (Å²) in [5.74, 6) is -0.388. The first-order chi connectivity index (χ1) is 9.59. The van der Waals surface area contributed by atoms with E-state index in [1.54, 1.807) is 18.2 Å². The molecule has 0 amide bonds. The van der Waals surface area contributed by atoms with Crippen LogP contribution < -0.4 is 0 Å². The van der Waals surface area contributed by atoms with Crippen molar-refractivity contribution in [3.8, 4) is 0 Å². The highest BCUT2D eigenvalue weighted by molar-refractivity contribution is 7.89. The average molecular weight is 295 g/mol. The zero-order chi connectivity index (χ0) is 14.2. The Morgan fingerprint density at radius 2 is 2.10 bits per heavy atom. The van der Waals surface area contributed by atoms with E-state index in [2.05, 4.69) is 10.2 Å². The molecule has 0 atom stereocenters. The van der Waals surface area contributed by atoms with Gasteiger partial charge in [0.2, 0.25) is 10.0 Å². The summed E-state index contributed by atoms with van der Waals surface area (Å²) in [6.45, 7) is 0.0465. The van der Waals surface area contributed by atoms with Crippen molar-refractivity contribution in [2.45, 2.75) is 30.3 Å². The largest absolute Gasteiger partial charge is 0.284 e. The van der Waals surface area contributed by atoms with Gasteiger partial charge in [0.1, 0.15) is 10.7 Å². The molecular weight excluding hydrogens is 281 g/mol. The third kappa shape index (κ3) is 2.46. The average Bonchev–Trinajstić information content (AvgIpc) is 3.09. The smallest absolute Gasteiger partial charge is 0.246 e. The first kappa shape index (κ1) is 13.3.